The first-order valence-corrected chi connectivity index (χ1v) is 18.5. The molecule has 1 atom stereocenters. The first-order valence-electron chi connectivity index (χ1n) is 18.5. The Hall–Kier alpha value is -6.76. The Morgan fingerprint density at radius 1 is 1.05 bits per heavy atom. The molecule has 5 aromatic heterocycles. The lowest BCUT2D eigenvalue weighted by atomic mass is 9.89. The number of hydrogen-bond acceptors (Lipinski definition) is 10. The van der Waals surface area contributed by atoms with Crippen LogP contribution < -0.4 is 5.32 Å². The van der Waals surface area contributed by atoms with E-state index in [1.165, 1.54) is 64.0 Å². The lowest BCUT2D eigenvalue weighted by Gasteiger charge is -2.37. The number of nitriles is 1. The van der Waals surface area contributed by atoms with Gasteiger partial charge in [-0.2, -0.15) is 41.8 Å². The number of hydrogen-bond donors (Lipinski definition) is 2. The summed E-state index contributed by atoms with van der Waals surface area (Å²) in [5.74, 6) is -3.76. The highest BCUT2D eigenvalue weighted by Gasteiger charge is 2.40. The zero-order chi connectivity index (χ0) is 44.3. The summed E-state index contributed by atoms with van der Waals surface area (Å²) in [7, 11) is 1.46. The van der Waals surface area contributed by atoms with Crippen molar-refractivity contribution in [2.45, 2.75) is 77.0 Å². The highest BCUT2D eigenvalue weighted by Crippen LogP contribution is 2.36. The standard InChI is InChI=1S/C39H35F7N12O3/c1-37(2,18-58-25(12-28(53-58)39(44,45)46)21-15-48-35(49-16-21)38(3,4)61)52-33(59)27(10-19-14-50-57(17-19)36(42)43)56-9-8-22-23(6-7-24(40)29(22)34(56)60)30-20(13-47)11-26-31(51-30)32(41)54-55(26)5/h6-7,11-12,14-17,27,36,61H,8-10,18H2,1-5H3,(H,52,59)/t27-/m1/s1. The Morgan fingerprint density at radius 3 is 2.38 bits per heavy atom. The monoisotopic (exact) mass is 852 g/mol. The van der Waals surface area contributed by atoms with E-state index < -0.39 is 77.7 Å². The molecule has 6 aromatic rings. The zero-order valence-corrected chi connectivity index (χ0v) is 32.9. The molecule has 318 valence electrons. The molecule has 6 heterocycles. The number of pyridine rings is 1. The van der Waals surface area contributed by atoms with Gasteiger partial charge >= 0.3 is 12.7 Å². The highest BCUT2D eigenvalue weighted by atomic mass is 19.4. The maximum Gasteiger partial charge on any atom is 0.435 e. The van der Waals surface area contributed by atoms with Crippen molar-refractivity contribution >= 4 is 22.8 Å². The third-order valence-electron chi connectivity index (χ3n) is 10.0. The molecule has 0 spiro atoms. The second-order valence-electron chi connectivity index (χ2n) is 15.6. The maximum absolute atomic E-state index is 15.8. The number of aromatic nitrogens is 9. The molecular formula is C39H35F7N12O3. The van der Waals surface area contributed by atoms with Gasteiger partial charge in [0.2, 0.25) is 5.91 Å². The second kappa shape index (κ2) is 15.4. The van der Waals surface area contributed by atoms with Crippen molar-refractivity contribution in [1.29, 1.82) is 5.26 Å². The summed E-state index contributed by atoms with van der Waals surface area (Å²) < 4.78 is 102. The number of halogens is 7. The van der Waals surface area contributed by atoms with Gasteiger partial charge in [-0.1, -0.05) is 0 Å². The van der Waals surface area contributed by atoms with Crippen LogP contribution in [0.25, 0.3) is 33.5 Å². The molecule has 1 aliphatic rings. The van der Waals surface area contributed by atoms with E-state index in [1.54, 1.807) is 0 Å². The number of carbonyl (C=O) groups is 2. The van der Waals surface area contributed by atoms with Crippen LogP contribution in [0.5, 0.6) is 0 Å². The van der Waals surface area contributed by atoms with Crippen LogP contribution >= 0.6 is 0 Å². The number of carbonyl (C=O) groups excluding carboxylic acids is 2. The minimum Gasteiger partial charge on any atom is -0.382 e. The molecule has 0 unspecified atom stereocenters. The SMILES string of the molecule is Cn1nc(F)c2nc(-c3ccc(F)c4c3CCN([C@H](Cc3cnn(C(F)F)c3)C(=O)NC(C)(C)Cn3nc(C(F)(F)F)cc3-c3cnc(C(C)(C)O)nc3)C4=O)c(C#N)cc21. The van der Waals surface area contributed by atoms with Crippen LogP contribution in [0, 0.1) is 23.1 Å². The van der Waals surface area contributed by atoms with Crippen LogP contribution in [0.3, 0.4) is 0 Å². The van der Waals surface area contributed by atoms with E-state index in [1.807, 2.05) is 6.07 Å². The average molecular weight is 853 g/mol. The van der Waals surface area contributed by atoms with E-state index >= 15 is 4.39 Å². The lowest BCUT2D eigenvalue weighted by Crippen LogP contribution is -2.58. The van der Waals surface area contributed by atoms with E-state index in [-0.39, 0.29) is 69.0 Å². The molecule has 61 heavy (non-hydrogen) atoms. The molecular weight excluding hydrogens is 817 g/mol. The Balaban J connectivity index is 1.23. The van der Waals surface area contributed by atoms with Gasteiger partial charge in [0.25, 0.3) is 11.9 Å². The average Bonchev–Trinajstić information content (AvgIpc) is 3.90. The molecule has 22 heteroatoms. The molecule has 1 aliphatic heterocycles. The van der Waals surface area contributed by atoms with E-state index in [0.717, 1.165) is 34.1 Å². The van der Waals surface area contributed by atoms with Crippen LogP contribution in [-0.4, -0.2) is 84.2 Å². The van der Waals surface area contributed by atoms with Crippen molar-refractivity contribution in [3.05, 3.63) is 94.6 Å². The summed E-state index contributed by atoms with van der Waals surface area (Å²) in [6.45, 7) is 2.14. The number of nitrogens with zero attached hydrogens (tertiary/aromatic N) is 11. The van der Waals surface area contributed by atoms with Crippen LogP contribution in [0.1, 0.15) is 72.8 Å². The Kier molecular flexibility index (Phi) is 10.7. The van der Waals surface area contributed by atoms with Crippen molar-refractivity contribution in [3.63, 3.8) is 0 Å². The van der Waals surface area contributed by atoms with Crippen molar-refractivity contribution in [1.82, 2.24) is 54.5 Å². The van der Waals surface area contributed by atoms with E-state index in [9.17, 15) is 46.3 Å². The van der Waals surface area contributed by atoms with Crippen molar-refractivity contribution in [3.8, 4) is 28.6 Å². The van der Waals surface area contributed by atoms with Gasteiger partial charge in [-0.25, -0.2) is 24.0 Å². The van der Waals surface area contributed by atoms with Crippen LogP contribution in [0.4, 0.5) is 30.7 Å². The van der Waals surface area contributed by atoms with Gasteiger partial charge in [-0.3, -0.25) is 19.0 Å². The molecule has 2 amide bonds. The fourth-order valence-electron chi connectivity index (χ4n) is 7.20. The van der Waals surface area contributed by atoms with Gasteiger partial charge in [-0.15, -0.1) is 5.10 Å². The lowest BCUT2D eigenvalue weighted by molar-refractivity contribution is -0.141. The fraction of sp³-hybridized carbons (Fsp3) is 0.359. The van der Waals surface area contributed by atoms with Crippen molar-refractivity contribution in [2.75, 3.05) is 6.54 Å². The fourth-order valence-corrected chi connectivity index (χ4v) is 7.20. The smallest absolute Gasteiger partial charge is 0.382 e. The number of nitrogens with one attached hydrogen (secondary N) is 1. The molecule has 0 radical (unpaired) electrons. The third kappa shape index (κ3) is 8.24. The number of fused-ring (bicyclic) bond motifs is 2. The minimum absolute atomic E-state index is 0.00675. The molecule has 1 aromatic carbocycles. The first-order chi connectivity index (χ1) is 28.6. The topological polar surface area (TPSA) is 186 Å². The Morgan fingerprint density at radius 2 is 1.75 bits per heavy atom. The van der Waals surface area contributed by atoms with Crippen LogP contribution in [0.15, 0.2) is 49.1 Å². The molecule has 0 fully saturated rings. The normalized spacial score (nSPS) is 14.1. The third-order valence-corrected chi connectivity index (χ3v) is 10.0. The minimum atomic E-state index is -4.87. The largest absolute Gasteiger partial charge is 0.435 e. The van der Waals surface area contributed by atoms with E-state index in [2.05, 4.69) is 35.6 Å². The predicted molar refractivity (Wildman–Crippen MR) is 200 cm³/mol. The molecule has 0 saturated heterocycles. The summed E-state index contributed by atoms with van der Waals surface area (Å²) in [6, 6.07) is 4.88. The van der Waals surface area contributed by atoms with Gasteiger partial charge < -0.3 is 15.3 Å². The van der Waals surface area contributed by atoms with Gasteiger partial charge in [0, 0.05) is 49.7 Å². The molecule has 15 nitrogen and oxygen atoms in total. The van der Waals surface area contributed by atoms with Crippen molar-refractivity contribution < 1.29 is 45.4 Å². The highest BCUT2D eigenvalue weighted by molar-refractivity contribution is 6.02. The predicted octanol–water partition coefficient (Wildman–Crippen LogP) is 5.48. The van der Waals surface area contributed by atoms with Crippen LogP contribution in [-0.2, 0) is 43.0 Å². The van der Waals surface area contributed by atoms with Crippen LogP contribution in [0.2, 0.25) is 0 Å². The summed E-state index contributed by atoms with van der Waals surface area (Å²) >= 11 is 0. The quantitative estimate of drug-likeness (QED) is 0.158. The summed E-state index contributed by atoms with van der Waals surface area (Å²) in [6.07, 6.45) is -0.907. The Labute approximate surface area is 341 Å². The van der Waals surface area contributed by atoms with E-state index in [4.69, 9.17) is 0 Å². The van der Waals surface area contributed by atoms with Crippen molar-refractivity contribution in [2.24, 2.45) is 7.05 Å². The Bertz CT molecular complexity index is 2730. The van der Waals surface area contributed by atoms with Gasteiger partial charge in [0.1, 0.15) is 29.0 Å². The molecule has 2 N–H and O–H groups in total. The summed E-state index contributed by atoms with van der Waals surface area (Å²) in [4.78, 5) is 42.3. The van der Waals surface area contributed by atoms with Gasteiger partial charge in [0.05, 0.1) is 46.3 Å². The zero-order valence-electron chi connectivity index (χ0n) is 32.9. The number of aryl methyl sites for hydroxylation is 1. The number of aliphatic hydroxyl groups is 1. The molecule has 0 saturated carbocycles. The number of benzene rings is 1. The summed E-state index contributed by atoms with van der Waals surface area (Å²) in [5, 5.41) is 34.1. The van der Waals surface area contributed by atoms with Gasteiger partial charge in [0.15, 0.2) is 11.5 Å². The number of amides is 2. The van der Waals surface area contributed by atoms with Gasteiger partial charge in [-0.05, 0) is 69.5 Å². The number of alkyl halides is 5. The molecule has 0 aliphatic carbocycles. The number of rotatable bonds is 11. The molecule has 0 bridgehead atoms. The maximum atomic E-state index is 15.8. The molecule has 7 rings (SSSR count). The first kappa shape index (κ1) is 42.4. The second-order valence-corrected chi connectivity index (χ2v) is 15.6. The summed E-state index contributed by atoms with van der Waals surface area (Å²) in [5.41, 5.74) is -4.24. The van der Waals surface area contributed by atoms with E-state index in [0.29, 0.717) is 4.68 Å².